The van der Waals surface area contributed by atoms with Crippen molar-refractivity contribution in [2.45, 2.75) is 26.7 Å². The van der Waals surface area contributed by atoms with Crippen LogP contribution in [0.25, 0.3) is 0 Å². The number of nitrogens with one attached hydrogen (secondary N) is 1. The standard InChI is InChI=1S/C17H22N4O/c1-12-5-7-21(8-6-12)17(22)14(10-18)11-20-16-4-3-13(2)9-15(16)19/h3-4,9,11-12,20H,5-8,19H2,1-2H3/b14-11-. The molecule has 1 aliphatic rings. The lowest BCUT2D eigenvalue weighted by Crippen LogP contribution is -2.38. The van der Waals surface area contributed by atoms with Gasteiger partial charge in [-0.3, -0.25) is 4.79 Å². The Bertz CT molecular complexity index is 622. The Morgan fingerprint density at radius 2 is 2.14 bits per heavy atom. The molecule has 1 amide bonds. The van der Waals surface area contributed by atoms with Gasteiger partial charge in [-0.2, -0.15) is 5.26 Å². The maximum Gasteiger partial charge on any atom is 0.266 e. The van der Waals surface area contributed by atoms with Crippen LogP contribution in [0.4, 0.5) is 11.4 Å². The van der Waals surface area contributed by atoms with E-state index < -0.39 is 0 Å². The summed E-state index contributed by atoms with van der Waals surface area (Å²) in [6.07, 6.45) is 3.42. The number of carbonyl (C=O) groups is 1. The second kappa shape index (κ2) is 6.99. The van der Waals surface area contributed by atoms with Gasteiger partial charge < -0.3 is 16.0 Å². The van der Waals surface area contributed by atoms with Crippen LogP contribution in [0.2, 0.25) is 0 Å². The summed E-state index contributed by atoms with van der Waals surface area (Å²) in [6.45, 7) is 5.57. The molecule has 0 bridgehead atoms. The van der Waals surface area contributed by atoms with Gasteiger partial charge in [-0.1, -0.05) is 13.0 Å². The fraction of sp³-hybridized carbons (Fsp3) is 0.412. The van der Waals surface area contributed by atoms with Crippen LogP contribution in [0, 0.1) is 24.2 Å². The van der Waals surface area contributed by atoms with E-state index in [9.17, 15) is 10.1 Å². The number of anilines is 2. The summed E-state index contributed by atoms with van der Waals surface area (Å²) in [5.41, 5.74) is 8.36. The number of benzene rings is 1. The van der Waals surface area contributed by atoms with E-state index >= 15 is 0 Å². The molecule has 0 aliphatic carbocycles. The molecule has 1 fully saturated rings. The molecule has 1 heterocycles. The van der Waals surface area contributed by atoms with E-state index in [2.05, 4.69) is 12.2 Å². The molecule has 3 N–H and O–H groups in total. The van der Waals surface area contributed by atoms with Crippen molar-refractivity contribution in [2.24, 2.45) is 5.92 Å². The number of nitrogens with two attached hydrogens (primary N) is 1. The number of nitrogen functional groups attached to an aromatic ring is 1. The van der Waals surface area contributed by atoms with Gasteiger partial charge in [-0.15, -0.1) is 0 Å². The van der Waals surface area contributed by atoms with Crippen molar-refractivity contribution in [3.05, 3.63) is 35.5 Å². The van der Waals surface area contributed by atoms with Crippen LogP contribution in [0.3, 0.4) is 0 Å². The van der Waals surface area contributed by atoms with Crippen LogP contribution < -0.4 is 11.1 Å². The summed E-state index contributed by atoms with van der Waals surface area (Å²) in [5.74, 6) is 0.427. The molecular weight excluding hydrogens is 276 g/mol. The summed E-state index contributed by atoms with van der Waals surface area (Å²) >= 11 is 0. The van der Waals surface area contributed by atoms with Crippen molar-refractivity contribution in [1.29, 1.82) is 5.26 Å². The lowest BCUT2D eigenvalue weighted by molar-refractivity contribution is -0.128. The first kappa shape index (κ1) is 15.9. The highest BCUT2D eigenvalue weighted by Crippen LogP contribution is 2.21. The lowest BCUT2D eigenvalue weighted by Gasteiger charge is -2.30. The molecule has 22 heavy (non-hydrogen) atoms. The predicted molar refractivity (Wildman–Crippen MR) is 87.9 cm³/mol. The SMILES string of the molecule is Cc1ccc(N/C=C(/C#N)C(=O)N2CCC(C)CC2)c(N)c1. The van der Waals surface area contributed by atoms with Gasteiger partial charge in [0.05, 0.1) is 11.4 Å². The maximum atomic E-state index is 12.4. The van der Waals surface area contributed by atoms with E-state index in [1.807, 2.05) is 31.2 Å². The molecule has 0 atom stereocenters. The molecule has 2 rings (SSSR count). The Morgan fingerprint density at radius 3 is 2.73 bits per heavy atom. The van der Waals surface area contributed by atoms with Crippen LogP contribution >= 0.6 is 0 Å². The van der Waals surface area contributed by atoms with E-state index in [0.717, 1.165) is 18.4 Å². The van der Waals surface area contributed by atoms with Gasteiger partial charge in [0.15, 0.2) is 0 Å². The number of carbonyl (C=O) groups excluding carboxylic acids is 1. The van der Waals surface area contributed by atoms with Crippen molar-refractivity contribution in [3.63, 3.8) is 0 Å². The third-order valence-electron chi connectivity index (χ3n) is 4.00. The highest BCUT2D eigenvalue weighted by molar-refractivity contribution is 5.97. The number of hydrogen-bond acceptors (Lipinski definition) is 4. The number of likely N-dealkylation sites (tertiary alicyclic amines) is 1. The molecule has 5 nitrogen and oxygen atoms in total. The number of amides is 1. The largest absolute Gasteiger partial charge is 0.397 e. The van der Waals surface area contributed by atoms with Crippen molar-refractivity contribution in [3.8, 4) is 6.07 Å². The van der Waals surface area contributed by atoms with Gasteiger partial charge in [0.25, 0.3) is 5.91 Å². The number of nitrogens with zero attached hydrogens (tertiary/aromatic N) is 2. The van der Waals surface area contributed by atoms with Gasteiger partial charge in [0, 0.05) is 19.3 Å². The summed E-state index contributed by atoms with van der Waals surface area (Å²) < 4.78 is 0. The first-order valence-corrected chi connectivity index (χ1v) is 7.53. The van der Waals surface area contributed by atoms with Crippen molar-refractivity contribution >= 4 is 17.3 Å². The molecule has 1 saturated heterocycles. The Kier molecular flexibility index (Phi) is 5.05. The third kappa shape index (κ3) is 3.79. The van der Waals surface area contributed by atoms with Crippen LogP contribution in [0.15, 0.2) is 30.0 Å². The lowest BCUT2D eigenvalue weighted by atomic mass is 9.99. The zero-order valence-corrected chi connectivity index (χ0v) is 13.1. The van der Waals surface area contributed by atoms with Crippen molar-refractivity contribution < 1.29 is 4.79 Å². The first-order valence-electron chi connectivity index (χ1n) is 7.53. The second-order valence-corrected chi connectivity index (χ2v) is 5.88. The van der Waals surface area contributed by atoms with Gasteiger partial charge in [-0.05, 0) is 43.4 Å². The molecule has 0 radical (unpaired) electrons. The predicted octanol–water partition coefficient (Wildman–Crippen LogP) is 2.66. The average molecular weight is 298 g/mol. The monoisotopic (exact) mass is 298 g/mol. The highest BCUT2D eigenvalue weighted by Gasteiger charge is 2.22. The molecule has 0 unspecified atom stereocenters. The molecule has 5 heteroatoms. The van der Waals surface area contributed by atoms with E-state index in [0.29, 0.717) is 30.4 Å². The van der Waals surface area contributed by atoms with Crippen molar-refractivity contribution in [2.75, 3.05) is 24.1 Å². The quantitative estimate of drug-likeness (QED) is 0.510. The minimum atomic E-state index is -0.215. The Morgan fingerprint density at radius 1 is 1.45 bits per heavy atom. The Hall–Kier alpha value is -2.48. The number of hydrogen-bond donors (Lipinski definition) is 2. The fourth-order valence-electron chi connectivity index (χ4n) is 2.49. The topological polar surface area (TPSA) is 82.2 Å². The second-order valence-electron chi connectivity index (χ2n) is 5.88. The Labute approximate surface area is 131 Å². The van der Waals surface area contributed by atoms with E-state index in [1.165, 1.54) is 6.20 Å². The molecule has 0 saturated carbocycles. The fourth-order valence-corrected chi connectivity index (χ4v) is 2.49. The van der Waals surface area contributed by atoms with Crippen LogP contribution in [0.5, 0.6) is 0 Å². The molecule has 1 aromatic carbocycles. The van der Waals surface area contributed by atoms with Crippen molar-refractivity contribution in [1.82, 2.24) is 4.90 Å². The van der Waals surface area contributed by atoms with Crippen LogP contribution in [-0.2, 0) is 4.79 Å². The van der Waals surface area contributed by atoms with E-state index in [1.54, 1.807) is 4.90 Å². The maximum absolute atomic E-state index is 12.4. The number of piperidine rings is 1. The minimum Gasteiger partial charge on any atom is -0.397 e. The first-order chi connectivity index (χ1) is 10.5. The zero-order valence-electron chi connectivity index (χ0n) is 13.1. The van der Waals surface area contributed by atoms with E-state index in [4.69, 9.17) is 5.73 Å². The molecule has 0 aromatic heterocycles. The van der Waals surface area contributed by atoms with Gasteiger partial charge in [-0.25, -0.2) is 0 Å². The van der Waals surface area contributed by atoms with Gasteiger partial charge in [0.2, 0.25) is 0 Å². The molecular formula is C17H22N4O. The summed E-state index contributed by atoms with van der Waals surface area (Å²) in [4.78, 5) is 14.1. The summed E-state index contributed by atoms with van der Waals surface area (Å²) in [5, 5.41) is 12.2. The van der Waals surface area contributed by atoms with E-state index in [-0.39, 0.29) is 11.5 Å². The van der Waals surface area contributed by atoms with Crippen LogP contribution in [-0.4, -0.2) is 23.9 Å². The average Bonchev–Trinajstić information content (AvgIpc) is 2.50. The molecule has 1 aliphatic heterocycles. The molecule has 0 spiro atoms. The van der Waals surface area contributed by atoms with Crippen LogP contribution in [0.1, 0.15) is 25.3 Å². The highest BCUT2D eigenvalue weighted by atomic mass is 16.2. The third-order valence-corrected chi connectivity index (χ3v) is 4.00. The Balaban J connectivity index is 2.07. The van der Waals surface area contributed by atoms with Gasteiger partial charge >= 0.3 is 0 Å². The molecule has 1 aromatic rings. The zero-order chi connectivity index (χ0) is 16.1. The smallest absolute Gasteiger partial charge is 0.266 e. The minimum absolute atomic E-state index is 0.106. The summed E-state index contributed by atoms with van der Waals surface area (Å²) in [6, 6.07) is 7.58. The summed E-state index contributed by atoms with van der Waals surface area (Å²) in [7, 11) is 0. The molecule has 116 valence electrons. The number of aryl methyl sites for hydroxylation is 1. The normalized spacial score (nSPS) is 16.2. The number of rotatable bonds is 3. The number of nitriles is 1. The van der Waals surface area contributed by atoms with Gasteiger partial charge in [0.1, 0.15) is 11.6 Å².